The van der Waals surface area contributed by atoms with Crippen LogP contribution in [0.25, 0.3) is 0 Å². The van der Waals surface area contributed by atoms with Crippen molar-refractivity contribution in [2.45, 2.75) is 44.2 Å². The van der Waals surface area contributed by atoms with Gasteiger partial charge in [0.05, 0.1) is 6.42 Å². The van der Waals surface area contributed by atoms with E-state index in [1.165, 1.54) is 4.90 Å². The Balaban J connectivity index is 1.81. The minimum Gasteiger partial charge on any atom is -0.481 e. The first kappa shape index (κ1) is 14.6. The van der Waals surface area contributed by atoms with Crippen molar-refractivity contribution in [2.24, 2.45) is 0 Å². The number of carbonyl (C=O) groups excluding carboxylic acids is 2. The van der Waals surface area contributed by atoms with Crippen LogP contribution >= 0.6 is 0 Å². The van der Waals surface area contributed by atoms with Gasteiger partial charge in [0.25, 0.3) is 0 Å². The molecule has 0 saturated heterocycles. The lowest BCUT2D eigenvalue weighted by molar-refractivity contribution is -0.137. The van der Waals surface area contributed by atoms with E-state index in [1.807, 2.05) is 0 Å². The molecule has 0 aromatic rings. The maximum absolute atomic E-state index is 12.3. The van der Waals surface area contributed by atoms with E-state index in [0.717, 1.165) is 25.7 Å². The number of likely N-dealkylation sites (N-methyl/N-ethyl adjacent to an activating group) is 1. The first-order chi connectivity index (χ1) is 9.47. The number of carboxylic acid groups (broad SMARTS) is 1. The first-order valence-electron chi connectivity index (χ1n) is 7.00. The standard InChI is InChI=1S/C13H21N3O4/c1-15(8-11(17)14-9-2-3-9)13(20)16(10-4-5-10)7-6-12(18)19/h9-10H,2-8H2,1H3,(H,14,17)(H,18,19). The van der Waals surface area contributed by atoms with Gasteiger partial charge in [-0.2, -0.15) is 0 Å². The molecule has 2 aliphatic carbocycles. The van der Waals surface area contributed by atoms with Gasteiger partial charge in [-0.15, -0.1) is 0 Å². The molecule has 0 spiro atoms. The summed E-state index contributed by atoms with van der Waals surface area (Å²) < 4.78 is 0. The number of aliphatic carboxylic acids is 1. The predicted molar refractivity (Wildman–Crippen MR) is 71.2 cm³/mol. The van der Waals surface area contributed by atoms with Gasteiger partial charge in [-0.3, -0.25) is 9.59 Å². The summed E-state index contributed by atoms with van der Waals surface area (Å²) in [7, 11) is 1.57. The zero-order chi connectivity index (χ0) is 14.7. The summed E-state index contributed by atoms with van der Waals surface area (Å²) in [5, 5.41) is 11.5. The Morgan fingerprint density at radius 3 is 2.35 bits per heavy atom. The van der Waals surface area contributed by atoms with Crippen molar-refractivity contribution < 1.29 is 19.5 Å². The van der Waals surface area contributed by atoms with Crippen LogP contribution in [0.15, 0.2) is 0 Å². The molecule has 7 nitrogen and oxygen atoms in total. The van der Waals surface area contributed by atoms with Crippen molar-refractivity contribution in [1.29, 1.82) is 0 Å². The van der Waals surface area contributed by atoms with Crippen LogP contribution in [0.1, 0.15) is 32.1 Å². The van der Waals surface area contributed by atoms with Gasteiger partial charge in [-0.05, 0) is 25.7 Å². The fourth-order valence-electron chi connectivity index (χ4n) is 2.04. The predicted octanol–water partition coefficient (Wildman–Crippen LogP) is 0.256. The molecule has 0 radical (unpaired) electrons. The van der Waals surface area contributed by atoms with E-state index < -0.39 is 5.97 Å². The van der Waals surface area contributed by atoms with Gasteiger partial charge in [0, 0.05) is 25.7 Å². The second-order valence-corrected chi connectivity index (χ2v) is 5.55. The molecule has 0 bridgehead atoms. The molecule has 0 heterocycles. The summed E-state index contributed by atoms with van der Waals surface area (Å²) in [5.74, 6) is -1.07. The van der Waals surface area contributed by atoms with Crippen LogP contribution in [0.2, 0.25) is 0 Å². The van der Waals surface area contributed by atoms with Crippen molar-refractivity contribution in [3.05, 3.63) is 0 Å². The molecule has 2 saturated carbocycles. The van der Waals surface area contributed by atoms with E-state index in [0.29, 0.717) is 0 Å². The van der Waals surface area contributed by atoms with E-state index in [9.17, 15) is 14.4 Å². The van der Waals surface area contributed by atoms with Gasteiger partial charge in [0.15, 0.2) is 0 Å². The summed E-state index contributed by atoms with van der Waals surface area (Å²) in [6.07, 6.45) is 3.78. The van der Waals surface area contributed by atoms with Gasteiger partial charge >= 0.3 is 12.0 Å². The summed E-state index contributed by atoms with van der Waals surface area (Å²) in [4.78, 5) is 37.5. The first-order valence-corrected chi connectivity index (χ1v) is 7.00. The lowest BCUT2D eigenvalue weighted by Crippen LogP contribution is -2.47. The zero-order valence-corrected chi connectivity index (χ0v) is 11.7. The van der Waals surface area contributed by atoms with Crippen molar-refractivity contribution in [2.75, 3.05) is 20.1 Å². The molecule has 0 unspecified atom stereocenters. The number of carboxylic acids is 1. The van der Waals surface area contributed by atoms with Crippen molar-refractivity contribution in [3.8, 4) is 0 Å². The summed E-state index contributed by atoms with van der Waals surface area (Å²) in [6, 6.07) is 0.146. The summed E-state index contributed by atoms with van der Waals surface area (Å²) in [5.41, 5.74) is 0. The number of rotatable bonds is 7. The fourth-order valence-corrected chi connectivity index (χ4v) is 2.04. The number of carbonyl (C=O) groups is 3. The smallest absolute Gasteiger partial charge is 0.320 e. The van der Waals surface area contributed by atoms with Crippen LogP contribution in [-0.2, 0) is 9.59 Å². The normalized spacial score (nSPS) is 17.4. The van der Waals surface area contributed by atoms with Crippen LogP contribution in [-0.4, -0.2) is 65.0 Å². The number of nitrogens with zero attached hydrogens (tertiary/aromatic N) is 2. The van der Waals surface area contributed by atoms with E-state index in [-0.39, 0.29) is 43.5 Å². The van der Waals surface area contributed by atoms with Crippen LogP contribution < -0.4 is 5.32 Å². The summed E-state index contributed by atoms with van der Waals surface area (Å²) >= 11 is 0. The van der Waals surface area contributed by atoms with Crippen molar-refractivity contribution in [1.82, 2.24) is 15.1 Å². The molecule has 0 atom stereocenters. The molecular formula is C13H21N3O4. The van der Waals surface area contributed by atoms with Gasteiger partial charge in [-0.25, -0.2) is 4.79 Å². The molecule has 0 aromatic carbocycles. The maximum Gasteiger partial charge on any atom is 0.320 e. The molecular weight excluding hydrogens is 262 g/mol. The Kier molecular flexibility index (Phi) is 4.46. The number of hydrogen-bond acceptors (Lipinski definition) is 3. The van der Waals surface area contributed by atoms with E-state index >= 15 is 0 Å². The highest BCUT2D eigenvalue weighted by atomic mass is 16.4. The Morgan fingerprint density at radius 2 is 1.85 bits per heavy atom. The molecule has 2 aliphatic rings. The molecule has 112 valence electrons. The SMILES string of the molecule is CN(CC(=O)NC1CC1)C(=O)N(CCC(=O)O)C1CC1. The summed E-state index contributed by atoms with van der Waals surface area (Å²) in [6.45, 7) is 0.221. The third kappa shape index (κ3) is 4.40. The van der Waals surface area contributed by atoms with Crippen LogP contribution in [0.5, 0.6) is 0 Å². The molecule has 2 rings (SSSR count). The monoisotopic (exact) mass is 283 g/mol. The molecule has 3 amide bonds. The topological polar surface area (TPSA) is 90.0 Å². The second-order valence-electron chi connectivity index (χ2n) is 5.55. The highest BCUT2D eigenvalue weighted by Gasteiger charge is 2.34. The van der Waals surface area contributed by atoms with E-state index in [1.54, 1.807) is 11.9 Å². The van der Waals surface area contributed by atoms with Crippen LogP contribution in [0.3, 0.4) is 0 Å². The largest absolute Gasteiger partial charge is 0.481 e. The van der Waals surface area contributed by atoms with Gasteiger partial charge in [0.1, 0.15) is 6.54 Å². The number of hydrogen-bond donors (Lipinski definition) is 2. The Morgan fingerprint density at radius 1 is 1.20 bits per heavy atom. The highest BCUT2D eigenvalue weighted by molar-refractivity contribution is 5.84. The zero-order valence-electron chi connectivity index (χ0n) is 11.7. The minimum absolute atomic E-state index is 0.0195. The quantitative estimate of drug-likeness (QED) is 0.701. The van der Waals surface area contributed by atoms with Gasteiger partial charge in [-0.1, -0.05) is 0 Å². The third-order valence-corrected chi connectivity index (χ3v) is 3.45. The van der Waals surface area contributed by atoms with Crippen molar-refractivity contribution >= 4 is 17.9 Å². The minimum atomic E-state index is -0.919. The Bertz CT molecular complexity index is 404. The second kappa shape index (κ2) is 6.11. The Labute approximate surface area is 117 Å². The molecule has 0 aliphatic heterocycles. The molecule has 2 fully saturated rings. The van der Waals surface area contributed by atoms with Crippen LogP contribution in [0.4, 0.5) is 4.79 Å². The average Bonchev–Trinajstić information content (AvgIpc) is 3.21. The van der Waals surface area contributed by atoms with Crippen LogP contribution in [0, 0.1) is 0 Å². The fraction of sp³-hybridized carbons (Fsp3) is 0.769. The van der Waals surface area contributed by atoms with E-state index in [2.05, 4.69) is 5.32 Å². The maximum atomic E-state index is 12.3. The number of nitrogens with one attached hydrogen (secondary N) is 1. The molecule has 20 heavy (non-hydrogen) atoms. The third-order valence-electron chi connectivity index (χ3n) is 3.45. The molecule has 2 N–H and O–H groups in total. The lowest BCUT2D eigenvalue weighted by Gasteiger charge is -2.27. The van der Waals surface area contributed by atoms with Crippen molar-refractivity contribution in [3.63, 3.8) is 0 Å². The Hall–Kier alpha value is -1.79. The van der Waals surface area contributed by atoms with E-state index in [4.69, 9.17) is 5.11 Å². The molecule has 7 heteroatoms. The highest BCUT2D eigenvalue weighted by Crippen LogP contribution is 2.27. The lowest BCUT2D eigenvalue weighted by atomic mass is 10.3. The van der Waals surface area contributed by atoms with Gasteiger partial charge < -0.3 is 20.2 Å². The number of urea groups is 1. The van der Waals surface area contributed by atoms with Gasteiger partial charge in [0.2, 0.25) is 5.91 Å². The molecule has 0 aromatic heterocycles. The average molecular weight is 283 g/mol. The number of amides is 3.